The second kappa shape index (κ2) is 11.6. The van der Waals surface area contributed by atoms with Gasteiger partial charge in [-0.3, -0.25) is 4.90 Å². The van der Waals surface area contributed by atoms with Crippen LogP contribution < -0.4 is 0 Å². The lowest BCUT2D eigenvalue weighted by Crippen LogP contribution is -2.49. The highest BCUT2D eigenvalue weighted by Gasteiger charge is 2.28. The van der Waals surface area contributed by atoms with Crippen LogP contribution in [0.2, 0.25) is 0 Å². The van der Waals surface area contributed by atoms with Gasteiger partial charge in [-0.2, -0.15) is 4.31 Å². The number of ether oxygens (including phenoxy) is 1. The van der Waals surface area contributed by atoms with E-state index in [1.54, 1.807) is 12.1 Å². The van der Waals surface area contributed by atoms with Gasteiger partial charge in [0.25, 0.3) is 0 Å². The van der Waals surface area contributed by atoms with Crippen LogP contribution in [0.1, 0.15) is 42.6 Å². The molecule has 1 saturated heterocycles. The first-order valence-corrected chi connectivity index (χ1v) is 13.6. The van der Waals surface area contributed by atoms with Crippen LogP contribution in [0.3, 0.4) is 0 Å². The highest BCUT2D eigenvalue weighted by atomic mass is 32.2. The molecule has 3 aromatic rings. The van der Waals surface area contributed by atoms with Crippen LogP contribution in [-0.4, -0.2) is 57.0 Å². The molecule has 0 aromatic heterocycles. The Bertz CT molecular complexity index is 1240. The van der Waals surface area contributed by atoms with Crippen molar-refractivity contribution in [2.75, 3.05) is 39.3 Å². The fraction of sp³-hybridized carbons (Fsp3) is 0.357. The Morgan fingerprint density at radius 3 is 2.06 bits per heavy atom. The van der Waals surface area contributed by atoms with Crippen LogP contribution in [0.15, 0.2) is 77.7 Å². The van der Waals surface area contributed by atoms with E-state index in [9.17, 15) is 17.2 Å². The molecule has 0 radical (unpaired) electrons. The van der Waals surface area contributed by atoms with Crippen molar-refractivity contribution >= 4 is 10.0 Å². The minimum Gasteiger partial charge on any atom is -0.367 e. The second-order valence-corrected chi connectivity index (χ2v) is 11.2. The zero-order chi connectivity index (χ0) is 25.7. The molecule has 0 N–H and O–H groups in total. The first kappa shape index (κ1) is 26.4. The minimum atomic E-state index is -3.53. The molecule has 1 aliphatic rings. The fourth-order valence-corrected chi connectivity index (χ4v) is 5.78. The number of rotatable bonds is 9. The van der Waals surface area contributed by atoms with Gasteiger partial charge in [0.15, 0.2) is 11.6 Å². The average molecular weight is 515 g/mol. The van der Waals surface area contributed by atoms with Crippen molar-refractivity contribution in [1.29, 1.82) is 0 Å². The van der Waals surface area contributed by atoms with Gasteiger partial charge < -0.3 is 4.74 Å². The fourth-order valence-electron chi connectivity index (χ4n) is 4.36. The molecule has 1 heterocycles. The summed E-state index contributed by atoms with van der Waals surface area (Å²) < 4.78 is 61.2. The Morgan fingerprint density at radius 2 is 1.44 bits per heavy atom. The van der Waals surface area contributed by atoms with Crippen molar-refractivity contribution in [3.8, 4) is 0 Å². The lowest BCUT2D eigenvalue weighted by atomic mass is 10.0. The molecule has 36 heavy (non-hydrogen) atoms. The molecule has 5 nitrogen and oxygen atoms in total. The summed E-state index contributed by atoms with van der Waals surface area (Å²) in [5.74, 6) is -1.46. The molecule has 0 saturated carbocycles. The standard InChI is InChI=1S/C28H32F2N2O3S/c1-21(2)22-8-11-25(12-9-22)36(33,34)32-16-14-31(15-17-32)18-19-35-28(23-6-4-3-5-7-23)24-10-13-26(29)27(30)20-24/h3-13,20-21,28H,14-19H2,1-2H3/t28-/m1/s1. The van der Waals surface area contributed by atoms with Gasteiger partial charge in [-0.05, 0) is 46.9 Å². The summed E-state index contributed by atoms with van der Waals surface area (Å²) in [6, 6.07) is 20.4. The van der Waals surface area contributed by atoms with E-state index in [1.807, 2.05) is 42.5 Å². The third kappa shape index (κ3) is 6.18. The molecule has 1 aliphatic heterocycles. The maximum Gasteiger partial charge on any atom is 0.243 e. The molecule has 1 atom stereocenters. The van der Waals surface area contributed by atoms with Crippen LogP contribution in [0.4, 0.5) is 8.78 Å². The summed E-state index contributed by atoms with van der Waals surface area (Å²) in [5, 5.41) is 0. The molecule has 0 unspecified atom stereocenters. The van der Waals surface area contributed by atoms with Gasteiger partial charge in [0.1, 0.15) is 6.10 Å². The number of hydrogen-bond donors (Lipinski definition) is 0. The average Bonchev–Trinajstić information content (AvgIpc) is 2.89. The zero-order valence-corrected chi connectivity index (χ0v) is 21.4. The van der Waals surface area contributed by atoms with Gasteiger partial charge in [-0.1, -0.05) is 62.4 Å². The van der Waals surface area contributed by atoms with Gasteiger partial charge in [-0.25, -0.2) is 17.2 Å². The Kier molecular flexibility index (Phi) is 8.51. The van der Waals surface area contributed by atoms with E-state index in [1.165, 1.54) is 16.4 Å². The molecule has 0 spiro atoms. The summed E-state index contributed by atoms with van der Waals surface area (Å²) in [6.45, 7) is 7.10. The predicted molar refractivity (Wildman–Crippen MR) is 136 cm³/mol. The van der Waals surface area contributed by atoms with E-state index in [0.717, 1.165) is 17.2 Å². The molecular weight excluding hydrogens is 482 g/mol. The van der Waals surface area contributed by atoms with Gasteiger partial charge in [-0.15, -0.1) is 0 Å². The largest absolute Gasteiger partial charge is 0.367 e. The van der Waals surface area contributed by atoms with Crippen LogP contribution in [0, 0.1) is 11.6 Å². The van der Waals surface area contributed by atoms with Crippen LogP contribution in [0.25, 0.3) is 0 Å². The van der Waals surface area contributed by atoms with Gasteiger partial charge in [0, 0.05) is 32.7 Å². The van der Waals surface area contributed by atoms with Crippen LogP contribution >= 0.6 is 0 Å². The molecule has 3 aromatic carbocycles. The van der Waals surface area contributed by atoms with Crippen LogP contribution in [-0.2, 0) is 14.8 Å². The van der Waals surface area contributed by atoms with E-state index in [-0.39, 0.29) is 0 Å². The number of sulfonamides is 1. The molecular formula is C28H32F2N2O3S. The monoisotopic (exact) mass is 514 g/mol. The van der Waals surface area contributed by atoms with E-state index in [2.05, 4.69) is 18.7 Å². The molecule has 8 heteroatoms. The Balaban J connectivity index is 1.34. The molecule has 0 amide bonds. The number of benzene rings is 3. The van der Waals surface area contributed by atoms with Crippen molar-refractivity contribution < 1.29 is 21.9 Å². The molecule has 192 valence electrons. The topological polar surface area (TPSA) is 49.9 Å². The van der Waals surface area contributed by atoms with E-state index >= 15 is 0 Å². The number of hydrogen-bond acceptors (Lipinski definition) is 4. The number of piperazine rings is 1. The first-order chi connectivity index (χ1) is 17.3. The quantitative estimate of drug-likeness (QED) is 0.394. The summed E-state index contributed by atoms with van der Waals surface area (Å²) in [5.41, 5.74) is 2.50. The molecule has 0 aliphatic carbocycles. The second-order valence-electron chi connectivity index (χ2n) is 9.30. The molecule has 0 bridgehead atoms. The first-order valence-electron chi connectivity index (χ1n) is 12.2. The SMILES string of the molecule is CC(C)c1ccc(S(=O)(=O)N2CCN(CCO[C@H](c3ccccc3)c3ccc(F)c(F)c3)CC2)cc1. The van der Waals surface area contributed by atoms with E-state index in [0.29, 0.717) is 55.7 Å². The highest BCUT2D eigenvalue weighted by Crippen LogP contribution is 2.27. The number of nitrogens with zero attached hydrogens (tertiary/aromatic N) is 2. The third-order valence-corrected chi connectivity index (χ3v) is 8.47. The summed E-state index contributed by atoms with van der Waals surface area (Å²) in [7, 11) is -3.53. The van der Waals surface area contributed by atoms with Crippen molar-refractivity contribution in [2.24, 2.45) is 0 Å². The lowest BCUT2D eigenvalue weighted by Gasteiger charge is -2.34. The lowest BCUT2D eigenvalue weighted by molar-refractivity contribution is 0.0525. The normalized spacial score (nSPS) is 16.4. The van der Waals surface area contributed by atoms with Gasteiger partial charge >= 0.3 is 0 Å². The Labute approximate surface area is 212 Å². The highest BCUT2D eigenvalue weighted by molar-refractivity contribution is 7.89. The maximum absolute atomic E-state index is 13.9. The van der Waals surface area contributed by atoms with Crippen LogP contribution in [0.5, 0.6) is 0 Å². The van der Waals surface area contributed by atoms with Crippen molar-refractivity contribution in [1.82, 2.24) is 9.21 Å². The third-order valence-electron chi connectivity index (χ3n) is 6.56. The smallest absolute Gasteiger partial charge is 0.243 e. The maximum atomic E-state index is 13.9. The molecule has 4 rings (SSSR count). The van der Waals surface area contributed by atoms with E-state index in [4.69, 9.17) is 4.74 Å². The number of halogens is 2. The van der Waals surface area contributed by atoms with Crippen molar-refractivity contribution in [2.45, 2.75) is 30.8 Å². The Hall–Kier alpha value is -2.65. The minimum absolute atomic E-state index is 0.320. The Morgan fingerprint density at radius 1 is 0.806 bits per heavy atom. The van der Waals surface area contributed by atoms with Crippen molar-refractivity contribution in [3.05, 3.63) is 101 Å². The summed E-state index contributed by atoms with van der Waals surface area (Å²) in [4.78, 5) is 2.47. The molecule has 1 fully saturated rings. The summed E-state index contributed by atoms with van der Waals surface area (Å²) in [6.07, 6.45) is -0.531. The van der Waals surface area contributed by atoms with Crippen molar-refractivity contribution in [3.63, 3.8) is 0 Å². The van der Waals surface area contributed by atoms with Gasteiger partial charge in [0.05, 0.1) is 11.5 Å². The predicted octanol–water partition coefficient (Wildman–Crippen LogP) is 5.20. The van der Waals surface area contributed by atoms with Gasteiger partial charge in [0.2, 0.25) is 10.0 Å². The van der Waals surface area contributed by atoms with E-state index < -0.39 is 27.8 Å². The zero-order valence-electron chi connectivity index (χ0n) is 20.6. The summed E-state index contributed by atoms with van der Waals surface area (Å²) >= 11 is 0.